The van der Waals surface area contributed by atoms with Gasteiger partial charge < -0.3 is 14.8 Å². The summed E-state index contributed by atoms with van der Waals surface area (Å²) < 4.78 is 13.0. The van der Waals surface area contributed by atoms with Gasteiger partial charge in [0.05, 0.1) is 48.7 Å². The van der Waals surface area contributed by atoms with Crippen LogP contribution in [-0.2, 0) is 11.8 Å². The summed E-state index contributed by atoms with van der Waals surface area (Å²) in [5.74, 6) is 0.382. The topological polar surface area (TPSA) is 91.2 Å². The van der Waals surface area contributed by atoms with E-state index in [9.17, 15) is 4.79 Å². The highest BCUT2D eigenvalue weighted by molar-refractivity contribution is 5.93. The van der Waals surface area contributed by atoms with Crippen LogP contribution in [0.15, 0.2) is 12.4 Å². The molecule has 0 saturated carbocycles. The molecule has 0 unspecified atom stereocenters. The zero-order valence-corrected chi connectivity index (χ0v) is 14.2. The fraction of sp³-hybridized carbons (Fsp3) is 0.500. The van der Waals surface area contributed by atoms with E-state index in [1.807, 2.05) is 20.9 Å². The van der Waals surface area contributed by atoms with Crippen LogP contribution in [-0.4, -0.2) is 51.0 Å². The van der Waals surface area contributed by atoms with Gasteiger partial charge in [0, 0.05) is 7.05 Å². The first-order chi connectivity index (χ1) is 11.4. The van der Waals surface area contributed by atoms with E-state index >= 15 is 0 Å². The van der Waals surface area contributed by atoms with Gasteiger partial charge in [-0.1, -0.05) is 0 Å². The molecule has 0 spiro atoms. The van der Waals surface area contributed by atoms with Crippen LogP contribution in [0, 0.1) is 20.8 Å². The molecule has 1 amide bonds. The first kappa shape index (κ1) is 16.4. The molecule has 2 atom stereocenters. The fourth-order valence-electron chi connectivity index (χ4n) is 2.59. The van der Waals surface area contributed by atoms with E-state index in [2.05, 4.69) is 20.4 Å². The van der Waals surface area contributed by atoms with E-state index in [0.29, 0.717) is 30.4 Å². The lowest BCUT2D eigenvalue weighted by atomic mass is 10.2. The number of aromatic nitrogens is 4. The summed E-state index contributed by atoms with van der Waals surface area (Å²) in [4.78, 5) is 21.3. The predicted octanol–water partition coefficient (Wildman–Crippen LogP) is 0.712. The van der Waals surface area contributed by atoms with Gasteiger partial charge in [-0.05, 0) is 20.8 Å². The summed E-state index contributed by atoms with van der Waals surface area (Å²) in [5.41, 5.74) is 2.52. The lowest BCUT2D eigenvalue weighted by Crippen LogP contribution is -2.45. The molecule has 1 aliphatic heterocycles. The summed E-state index contributed by atoms with van der Waals surface area (Å²) in [6.45, 7) is 6.31. The Morgan fingerprint density at radius 1 is 1.25 bits per heavy atom. The van der Waals surface area contributed by atoms with Crippen molar-refractivity contribution < 1.29 is 14.3 Å². The largest absolute Gasteiger partial charge is 0.482 e. The Bertz CT molecular complexity index is 758. The van der Waals surface area contributed by atoms with E-state index in [-0.39, 0.29) is 18.1 Å². The zero-order chi connectivity index (χ0) is 17.3. The van der Waals surface area contributed by atoms with E-state index in [1.165, 1.54) is 0 Å². The number of ether oxygens (including phenoxy) is 2. The third kappa shape index (κ3) is 3.38. The maximum absolute atomic E-state index is 12.5. The van der Waals surface area contributed by atoms with Gasteiger partial charge in [0.25, 0.3) is 5.91 Å². The molecular formula is C16H21N5O3. The van der Waals surface area contributed by atoms with Crippen molar-refractivity contribution in [3.05, 3.63) is 35.2 Å². The molecule has 3 heterocycles. The molecule has 1 N–H and O–H groups in total. The molecule has 0 aliphatic carbocycles. The molecule has 2 aromatic heterocycles. The Labute approximate surface area is 140 Å². The third-order valence-electron chi connectivity index (χ3n) is 4.01. The van der Waals surface area contributed by atoms with Crippen molar-refractivity contribution in [3.63, 3.8) is 0 Å². The minimum atomic E-state index is -0.266. The molecule has 128 valence electrons. The smallest absolute Gasteiger partial charge is 0.272 e. The highest BCUT2D eigenvalue weighted by atomic mass is 16.5. The van der Waals surface area contributed by atoms with Crippen LogP contribution in [0.1, 0.15) is 27.6 Å². The van der Waals surface area contributed by atoms with Crippen molar-refractivity contribution in [3.8, 4) is 5.75 Å². The zero-order valence-electron chi connectivity index (χ0n) is 14.2. The summed E-state index contributed by atoms with van der Waals surface area (Å²) in [5, 5.41) is 7.01. The van der Waals surface area contributed by atoms with Gasteiger partial charge >= 0.3 is 0 Å². The van der Waals surface area contributed by atoms with Crippen LogP contribution in [0.2, 0.25) is 0 Å². The van der Waals surface area contributed by atoms with Crippen LogP contribution in [0.4, 0.5) is 0 Å². The fourth-order valence-corrected chi connectivity index (χ4v) is 2.59. The number of nitrogens with zero attached hydrogens (tertiary/aromatic N) is 4. The van der Waals surface area contributed by atoms with Gasteiger partial charge in [0.2, 0.25) is 0 Å². The molecule has 24 heavy (non-hydrogen) atoms. The molecule has 1 aliphatic rings. The second-order valence-electron chi connectivity index (χ2n) is 5.95. The van der Waals surface area contributed by atoms with E-state index in [1.54, 1.807) is 24.0 Å². The summed E-state index contributed by atoms with van der Waals surface area (Å²) in [6, 6.07) is -0.250. The Morgan fingerprint density at radius 2 is 2.00 bits per heavy atom. The maximum atomic E-state index is 12.5. The van der Waals surface area contributed by atoms with Crippen LogP contribution < -0.4 is 10.1 Å². The van der Waals surface area contributed by atoms with Crippen LogP contribution in [0.5, 0.6) is 5.75 Å². The Hall–Kier alpha value is -2.48. The number of hydrogen-bond donors (Lipinski definition) is 1. The van der Waals surface area contributed by atoms with Gasteiger partial charge in [-0.2, -0.15) is 5.10 Å². The first-order valence-electron chi connectivity index (χ1n) is 7.80. The van der Waals surface area contributed by atoms with E-state index in [0.717, 1.165) is 11.4 Å². The maximum Gasteiger partial charge on any atom is 0.272 e. The average molecular weight is 331 g/mol. The molecule has 1 saturated heterocycles. The van der Waals surface area contributed by atoms with E-state index < -0.39 is 0 Å². The van der Waals surface area contributed by atoms with Crippen molar-refractivity contribution in [1.82, 2.24) is 25.1 Å². The first-order valence-corrected chi connectivity index (χ1v) is 7.80. The normalized spacial score (nSPS) is 20.2. The number of aryl methyl sites for hydroxylation is 4. The van der Waals surface area contributed by atoms with Crippen molar-refractivity contribution >= 4 is 5.91 Å². The quantitative estimate of drug-likeness (QED) is 0.887. The van der Waals surface area contributed by atoms with Crippen molar-refractivity contribution in [2.45, 2.75) is 32.9 Å². The summed E-state index contributed by atoms with van der Waals surface area (Å²) >= 11 is 0. The number of carbonyl (C=O) groups is 1. The van der Waals surface area contributed by atoms with Gasteiger partial charge in [-0.25, -0.2) is 4.98 Å². The third-order valence-corrected chi connectivity index (χ3v) is 4.01. The molecule has 0 aromatic carbocycles. The van der Waals surface area contributed by atoms with Crippen LogP contribution >= 0.6 is 0 Å². The van der Waals surface area contributed by atoms with Gasteiger partial charge in [-0.3, -0.25) is 14.5 Å². The van der Waals surface area contributed by atoms with E-state index in [4.69, 9.17) is 9.47 Å². The lowest BCUT2D eigenvalue weighted by molar-refractivity contribution is 0.0897. The molecule has 1 fully saturated rings. The molecule has 8 heteroatoms. The van der Waals surface area contributed by atoms with Crippen LogP contribution in [0.3, 0.4) is 0 Å². The number of nitrogens with one attached hydrogen (secondary N) is 1. The highest BCUT2D eigenvalue weighted by Gasteiger charge is 2.32. The lowest BCUT2D eigenvalue weighted by Gasteiger charge is -2.20. The standard InChI is InChI=1S/C16H21N5O3/c1-9-10(2)19-15(11(3)18-9)16(22)20-13-7-23-8-14(13)24-12-5-17-21(4)6-12/h5-6,13-14H,7-8H2,1-4H3,(H,20,22)/t13-,14+/m0/s1. The second-order valence-corrected chi connectivity index (χ2v) is 5.95. The molecule has 8 nitrogen and oxygen atoms in total. The second kappa shape index (κ2) is 6.56. The predicted molar refractivity (Wildman–Crippen MR) is 85.9 cm³/mol. The Kier molecular flexibility index (Phi) is 4.48. The minimum absolute atomic E-state index is 0.250. The molecule has 0 bridgehead atoms. The minimum Gasteiger partial charge on any atom is -0.482 e. The number of rotatable bonds is 4. The molecule has 0 radical (unpaired) electrons. The molecule has 3 rings (SSSR count). The van der Waals surface area contributed by atoms with Gasteiger partial charge in [0.1, 0.15) is 11.8 Å². The van der Waals surface area contributed by atoms with Crippen molar-refractivity contribution in [2.75, 3.05) is 13.2 Å². The molecular weight excluding hydrogens is 310 g/mol. The summed E-state index contributed by atoms with van der Waals surface area (Å²) in [7, 11) is 1.82. The van der Waals surface area contributed by atoms with Gasteiger partial charge in [-0.15, -0.1) is 0 Å². The molecule has 2 aromatic rings. The van der Waals surface area contributed by atoms with Crippen molar-refractivity contribution in [1.29, 1.82) is 0 Å². The highest BCUT2D eigenvalue weighted by Crippen LogP contribution is 2.17. The Balaban J connectivity index is 1.70. The SMILES string of the molecule is Cc1nc(C)c(C(=O)N[C@H]2COC[C@H]2Oc2cnn(C)c2)nc1C. The van der Waals surface area contributed by atoms with Crippen LogP contribution in [0.25, 0.3) is 0 Å². The number of carbonyl (C=O) groups excluding carboxylic acids is 1. The summed E-state index contributed by atoms with van der Waals surface area (Å²) in [6.07, 6.45) is 3.14. The van der Waals surface area contributed by atoms with Gasteiger partial charge in [0.15, 0.2) is 5.75 Å². The number of amides is 1. The monoisotopic (exact) mass is 331 g/mol. The number of hydrogen-bond acceptors (Lipinski definition) is 6. The Morgan fingerprint density at radius 3 is 2.71 bits per heavy atom. The van der Waals surface area contributed by atoms with Crippen molar-refractivity contribution in [2.24, 2.45) is 7.05 Å². The average Bonchev–Trinajstić information content (AvgIpc) is 3.13.